The fourth-order valence-corrected chi connectivity index (χ4v) is 6.27. The topological polar surface area (TPSA) is 107 Å². The summed E-state index contributed by atoms with van der Waals surface area (Å²) in [6.07, 6.45) is 1.82. The van der Waals surface area contributed by atoms with Gasteiger partial charge in [0, 0.05) is 45.7 Å². The number of nitrogens with zero attached hydrogens (tertiary/aromatic N) is 5. The Morgan fingerprint density at radius 1 is 1.27 bits per heavy atom. The first-order chi connectivity index (χ1) is 19.4. The minimum atomic E-state index is -0.740. The molecule has 0 aliphatic carbocycles. The van der Waals surface area contributed by atoms with E-state index in [9.17, 15) is 19.5 Å². The number of amides is 3. The highest BCUT2D eigenvalue weighted by molar-refractivity contribution is 6.35. The number of phenolic OH excluding ortho intramolecular Hbond substituents is 1. The maximum atomic E-state index is 15.1. The van der Waals surface area contributed by atoms with E-state index in [1.807, 2.05) is 18.7 Å². The molecule has 3 aliphatic heterocycles. The molecule has 1 aromatic heterocycles. The van der Waals surface area contributed by atoms with Crippen LogP contribution in [0.15, 0.2) is 30.9 Å². The Morgan fingerprint density at radius 2 is 2.00 bits per heavy atom. The third kappa shape index (κ3) is 4.86. The molecule has 2 saturated heterocycles. The van der Waals surface area contributed by atoms with Crippen molar-refractivity contribution >= 4 is 35.1 Å². The molecule has 5 rings (SSSR count). The number of hydrogen-bond acceptors (Lipinski definition) is 7. The second kappa shape index (κ2) is 10.5. The Hall–Kier alpha value is -3.86. The highest BCUT2D eigenvalue weighted by atomic mass is 35.5. The van der Waals surface area contributed by atoms with E-state index >= 15 is 4.39 Å². The fraction of sp³-hybridized carbons (Fsp3) is 0.448. The Morgan fingerprint density at radius 3 is 2.66 bits per heavy atom. The van der Waals surface area contributed by atoms with Gasteiger partial charge in [-0.3, -0.25) is 14.4 Å². The Balaban J connectivity index is 1.69. The van der Waals surface area contributed by atoms with Crippen molar-refractivity contribution in [1.29, 1.82) is 0 Å². The van der Waals surface area contributed by atoms with Gasteiger partial charge in [-0.1, -0.05) is 24.2 Å². The van der Waals surface area contributed by atoms with Crippen LogP contribution >= 0.6 is 11.6 Å². The van der Waals surface area contributed by atoms with Gasteiger partial charge in [0.1, 0.15) is 40.3 Å². The minimum absolute atomic E-state index is 0.0324. The molecule has 10 nitrogen and oxygen atoms in total. The van der Waals surface area contributed by atoms with Crippen LogP contribution in [0.2, 0.25) is 5.02 Å². The fourth-order valence-electron chi connectivity index (χ4n) is 5.98. The number of likely N-dealkylation sites (N-methyl/N-ethyl adjacent to an activating group) is 1. The zero-order valence-electron chi connectivity index (χ0n) is 23.5. The van der Waals surface area contributed by atoms with Crippen LogP contribution in [-0.2, 0) is 9.59 Å². The van der Waals surface area contributed by atoms with E-state index in [1.54, 1.807) is 21.7 Å². The van der Waals surface area contributed by atoms with Crippen LogP contribution in [0.25, 0.3) is 11.3 Å². The van der Waals surface area contributed by atoms with Gasteiger partial charge in [0.15, 0.2) is 5.75 Å². The molecule has 1 unspecified atom stereocenters. The lowest BCUT2D eigenvalue weighted by Gasteiger charge is -2.40. The van der Waals surface area contributed by atoms with E-state index in [0.717, 1.165) is 0 Å². The highest BCUT2D eigenvalue weighted by Gasteiger charge is 2.46. The van der Waals surface area contributed by atoms with Crippen molar-refractivity contribution in [3.63, 3.8) is 0 Å². The number of fused-ring (bicyclic) bond motifs is 2. The standard InChI is InChI=1S/C29H33ClFN5O5/c1-6-21(39)34-10-11-35-18(13-34)15-41-26-23(28(35)40)27(36-14-17(12-29(36,3)4)33(5)16(2)37)32-25(24(26)30)22-19(31)8-7-9-20(22)38/h6-9,17-18,38H,1,10-15H2,2-5H3/t17?,18-/m1/s1. The summed E-state index contributed by atoms with van der Waals surface area (Å²) in [5.74, 6) is -1.55. The zero-order chi connectivity index (χ0) is 29.8. The van der Waals surface area contributed by atoms with Gasteiger partial charge >= 0.3 is 0 Å². The summed E-state index contributed by atoms with van der Waals surface area (Å²) >= 11 is 6.83. The number of carbonyl (C=O) groups excluding carboxylic acids is 3. The first-order valence-corrected chi connectivity index (χ1v) is 13.8. The first kappa shape index (κ1) is 28.7. The number of carbonyl (C=O) groups is 3. The van der Waals surface area contributed by atoms with E-state index in [1.165, 1.54) is 31.2 Å². The van der Waals surface area contributed by atoms with Gasteiger partial charge < -0.3 is 29.4 Å². The third-order valence-electron chi connectivity index (χ3n) is 8.33. The Kier molecular flexibility index (Phi) is 7.35. The summed E-state index contributed by atoms with van der Waals surface area (Å²) in [4.78, 5) is 50.4. The number of aromatic nitrogens is 1. The normalized spacial score (nSPS) is 21.5. The second-order valence-corrected chi connectivity index (χ2v) is 11.7. The molecule has 41 heavy (non-hydrogen) atoms. The Labute approximate surface area is 242 Å². The van der Waals surface area contributed by atoms with Gasteiger partial charge in [0.05, 0.1) is 17.6 Å². The maximum absolute atomic E-state index is 15.1. The molecule has 218 valence electrons. The number of ether oxygens (including phenoxy) is 1. The molecule has 4 heterocycles. The first-order valence-electron chi connectivity index (χ1n) is 13.4. The number of aromatic hydroxyl groups is 1. The SMILES string of the molecule is C=CC(=O)N1CCN2C(=O)c3c(N4CC(N(C)C(C)=O)CC4(C)C)nc(-c4c(O)cccc4F)c(Cl)c3OC[C@H]2C1. The molecular formula is C29H33ClFN5O5. The van der Waals surface area contributed by atoms with Gasteiger partial charge in [-0.05, 0) is 38.5 Å². The lowest BCUT2D eigenvalue weighted by Crippen LogP contribution is -2.57. The summed E-state index contributed by atoms with van der Waals surface area (Å²) in [6, 6.07) is 3.24. The van der Waals surface area contributed by atoms with E-state index in [4.69, 9.17) is 21.3 Å². The molecule has 12 heteroatoms. The molecule has 0 spiro atoms. The molecular weight excluding hydrogens is 553 g/mol. The highest BCUT2D eigenvalue weighted by Crippen LogP contribution is 2.48. The van der Waals surface area contributed by atoms with E-state index in [-0.39, 0.29) is 82.6 Å². The molecule has 1 N–H and O–H groups in total. The third-order valence-corrected chi connectivity index (χ3v) is 8.68. The van der Waals surface area contributed by atoms with Crippen molar-refractivity contribution in [3.8, 4) is 22.8 Å². The predicted octanol–water partition coefficient (Wildman–Crippen LogP) is 3.31. The van der Waals surface area contributed by atoms with Gasteiger partial charge in [0.2, 0.25) is 11.8 Å². The quantitative estimate of drug-likeness (QED) is 0.549. The van der Waals surface area contributed by atoms with Crippen LogP contribution in [0.5, 0.6) is 11.5 Å². The molecule has 2 aromatic rings. The minimum Gasteiger partial charge on any atom is -0.507 e. The van der Waals surface area contributed by atoms with E-state index < -0.39 is 17.4 Å². The smallest absolute Gasteiger partial charge is 0.261 e. The number of pyridine rings is 1. The van der Waals surface area contributed by atoms with Crippen molar-refractivity contribution in [2.24, 2.45) is 0 Å². The van der Waals surface area contributed by atoms with Gasteiger partial charge in [-0.2, -0.15) is 0 Å². The lowest BCUT2D eigenvalue weighted by molar-refractivity contribution is -0.129. The van der Waals surface area contributed by atoms with E-state index in [0.29, 0.717) is 19.5 Å². The number of hydrogen-bond donors (Lipinski definition) is 1. The summed E-state index contributed by atoms with van der Waals surface area (Å²) in [7, 11) is 1.73. The number of rotatable bonds is 4. The molecule has 0 radical (unpaired) electrons. The molecule has 0 bridgehead atoms. The number of benzene rings is 1. The average molecular weight is 586 g/mol. The van der Waals surface area contributed by atoms with Crippen LogP contribution in [-0.4, -0.2) is 100.0 Å². The van der Waals surface area contributed by atoms with Crippen molar-refractivity contribution in [2.75, 3.05) is 44.7 Å². The Bertz CT molecular complexity index is 1430. The van der Waals surface area contributed by atoms with Crippen molar-refractivity contribution < 1.29 is 28.6 Å². The molecule has 3 aliphatic rings. The van der Waals surface area contributed by atoms with Crippen LogP contribution in [0.1, 0.15) is 37.6 Å². The van der Waals surface area contributed by atoms with Crippen molar-refractivity contribution in [3.05, 3.63) is 47.3 Å². The zero-order valence-corrected chi connectivity index (χ0v) is 24.2. The van der Waals surface area contributed by atoms with Crippen molar-refractivity contribution in [1.82, 2.24) is 19.7 Å². The maximum Gasteiger partial charge on any atom is 0.261 e. The summed E-state index contributed by atoms with van der Waals surface area (Å²) in [5, 5.41) is 10.5. The summed E-state index contributed by atoms with van der Waals surface area (Å²) in [5.41, 5.74) is -0.721. The van der Waals surface area contributed by atoms with Crippen LogP contribution in [0.4, 0.5) is 10.2 Å². The number of phenols is 1. The van der Waals surface area contributed by atoms with Crippen LogP contribution in [0.3, 0.4) is 0 Å². The van der Waals surface area contributed by atoms with Crippen molar-refractivity contribution in [2.45, 2.75) is 44.8 Å². The van der Waals surface area contributed by atoms with Crippen LogP contribution in [0, 0.1) is 5.82 Å². The van der Waals surface area contributed by atoms with Gasteiger partial charge in [-0.15, -0.1) is 0 Å². The molecule has 2 fully saturated rings. The second-order valence-electron chi connectivity index (χ2n) is 11.3. The number of piperazine rings is 1. The summed E-state index contributed by atoms with van der Waals surface area (Å²) < 4.78 is 21.3. The molecule has 2 atom stereocenters. The number of halogens is 2. The monoisotopic (exact) mass is 585 g/mol. The van der Waals surface area contributed by atoms with Crippen LogP contribution < -0.4 is 9.64 Å². The summed E-state index contributed by atoms with van der Waals surface area (Å²) in [6.45, 7) is 10.2. The molecule has 1 aromatic carbocycles. The predicted molar refractivity (Wildman–Crippen MR) is 152 cm³/mol. The van der Waals surface area contributed by atoms with E-state index in [2.05, 4.69) is 6.58 Å². The van der Waals surface area contributed by atoms with Gasteiger partial charge in [0.25, 0.3) is 5.91 Å². The number of anilines is 1. The largest absolute Gasteiger partial charge is 0.507 e. The molecule has 0 saturated carbocycles. The molecule has 3 amide bonds. The lowest BCUT2D eigenvalue weighted by atomic mass is 9.98. The average Bonchev–Trinajstić information content (AvgIpc) is 3.17. The van der Waals surface area contributed by atoms with Gasteiger partial charge in [-0.25, -0.2) is 9.37 Å².